The SMILES string of the molecule is CNC(C)CC1OC1O. The summed E-state index contributed by atoms with van der Waals surface area (Å²) in [6, 6.07) is 0.437. The summed E-state index contributed by atoms with van der Waals surface area (Å²) in [7, 11) is 1.90. The van der Waals surface area contributed by atoms with Gasteiger partial charge < -0.3 is 15.2 Å². The Bertz CT molecular complexity index is 95.1. The molecule has 3 heteroatoms. The number of rotatable bonds is 3. The first-order valence-electron chi connectivity index (χ1n) is 3.25. The summed E-state index contributed by atoms with van der Waals surface area (Å²) in [6.45, 7) is 2.06. The molecule has 3 nitrogen and oxygen atoms in total. The Kier molecular flexibility index (Phi) is 2.05. The second-order valence-corrected chi connectivity index (χ2v) is 2.49. The fraction of sp³-hybridized carbons (Fsp3) is 1.00. The number of ether oxygens (including phenoxy) is 1. The van der Waals surface area contributed by atoms with E-state index in [1.807, 2.05) is 7.05 Å². The first-order chi connectivity index (χ1) is 4.24. The first kappa shape index (κ1) is 6.99. The molecule has 1 fully saturated rings. The van der Waals surface area contributed by atoms with Crippen LogP contribution < -0.4 is 5.32 Å². The maximum absolute atomic E-state index is 8.72. The van der Waals surface area contributed by atoms with Gasteiger partial charge in [0.15, 0.2) is 6.29 Å². The molecule has 3 atom stereocenters. The number of nitrogens with one attached hydrogen (secondary N) is 1. The number of aliphatic hydroxyl groups is 1. The Hall–Kier alpha value is -0.120. The Labute approximate surface area is 55.0 Å². The van der Waals surface area contributed by atoms with Crippen molar-refractivity contribution in [2.24, 2.45) is 0 Å². The molecule has 1 aliphatic heterocycles. The van der Waals surface area contributed by atoms with E-state index in [0.29, 0.717) is 6.04 Å². The maximum Gasteiger partial charge on any atom is 0.181 e. The highest BCUT2D eigenvalue weighted by Gasteiger charge is 2.37. The normalized spacial score (nSPS) is 36.3. The molecule has 0 aliphatic carbocycles. The van der Waals surface area contributed by atoms with Gasteiger partial charge in [0.05, 0.1) is 0 Å². The highest BCUT2D eigenvalue weighted by Crippen LogP contribution is 2.23. The van der Waals surface area contributed by atoms with Crippen LogP contribution in [0.15, 0.2) is 0 Å². The molecule has 1 heterocycles. The molecule has 3 unspecified atom stereocenters. The van der Waals surface area contributed by atoms with Crippen LogP contribution in [0.3, 0.4) is 0 Å². The van der Waals surface area contributed by atoms with Gasteiger partial charge in [0.2, 0.25) is 0 Å². The molecule has 54 valence electrons. The summed E-state index contributed by atoms with van der Waals surface area (Å²) in [5.74, 6) is 0. The first-order valence-corrected chi connectivity index (χ1v) is 3.25. The van der Waals surface area contributed by atoms with Crippen molar-refractivity contribution in [2.45, 2.75) is 31.8 Å². The molecule has 1 saturated heterocycles. The minimum Gasteiger partial charge on any atom is -0.366 e. The van der Waals surface area contributed by atoms with Crippen LogP contribution in [-0.2, 0) is 4.74 Å². The van der Waals surface area contributed by atoms with Gasteiger partial charge in [-0.1, -0.05) is 0 Å². The van der Waals surface area contributed by atoms with E-state index in [2.05, 4.69) is 12.2 Å². The van der Waals surface area contributed by atoms with E-state index < -0.39 is 6.29 Å². The molecule has 0 amide bonds. The third kappa shape index (κ3) is 1.93. The monoisotopic (exact) mass is 131 g/mol. The van der Waals surface area contributed by atoms with Gasteiger partial charge in [-0.25, -0.2) is 0 Å². The number of aliphatic hydroxyl groups excluding tert-OH is 1. The lowest BCUT2D eigenvalue weighted by Crippen LogP contribution is -2.23. The van der Waals surface area contributed by atoms with Crippen LogP contribution >= 0.6 is 0 Å². The maximum atomic E-state index is 8.72. The third-order valence-electron chi connectivity index (χ3n) is 1.63. The lowest BCUT2D eigenvalue weighted by atomic mass is 10.2. The predicted octanol–water partition coefficient (Wildman–Crippen LogP) is -0.298. The molecule has 0 aromatic rings. The average molecular weight is 131 g/mol. The molecular weight excluding hydrogens is 118 g/mol. The van der Waals surface area contributed by atoms with Crippen LogP contribution in [0.5, 0.6) is 0 Å². The van der Waals surface area contributed by atoms with Gasteiger partial charge in [0, 0.05) is 6.04 Å². The van der Waals surface area contributed by atoms with Gasteiger partial charge in [-0.3, -0.25) is 0 Å². The molecule has 2 N–H and O–H groups in total. The molecule has 0 radical (unpaired) electrons. The van der Waals surface area contributed by atoms with Crippen LogP contribution in [0.25, 0.3) is 0 Å². The zero-order valence-corrected chi connectivity index (χ0v) is 5.79. The van der Waals surface area contributed by atoms with Crippen molar-refractivity contribution >= 4 is 0 Å². The minimum absolute atomic E-state index is 0.0902. The van der Waals surface area contributed by atoms with Crippen LogP contribution in [0.4, 0.5) is 0 Å². The summed E-state index contributed by atoms with van der Waals surface area (Å²) in [5.41, 5.74) is 0. The van der Waals surface area contributed by atoms with Crippen LogP contribution in [-0.4, -0.2) is 30.6 Å². The lowest BCUT2D eigenvalue weighted by Gasteiger charge is -2.05. The van der Waals surface area contributed by atoms with Gasteiger partial charge in [0.25, 0.3) is 0 Å². The van der Waals surface area contributed by atoms with Crippen molar-refractivity contribution in [3.63, 3.8) is 0 Å². The quantitative estimate of drug-likeness (QED) is 0.517. The highest BCUT2D eigenvalue weighted by atomic mass is 16.7. The van der Waals surface area contributed by atoms with E-state index in [0.717, 1.165) is 6.42 Å². The van der Waals surface area contributed by atoms with Crippen molar-refractivity contribution in [2.75, 3.05) is 7.05 Å². The standard InChI is InChI=1S/C6H13NO2/c1-4(7-2)3-5-6(8)9-5/h4-8H,3H2,1-2H3. The largest absolute Gasteiger partial charge is 0.366 e. The fourth-order valence-corrected chi connectivity index (χ4v) is 0.772. The van der Waals surface area contributed by atoms with E-state index in [1.54, 1.807) is 0 Å². The van der Waals surface area contributed by atoms with E-state index in [1.165, 1.54) is 0 Å². The van der Waals surface area contributed by atoms with Crippen molar-refractivity contribution in [3.05, 3.63) is 0 Å². The van der Waals surface area contributed by atoms with Crippen molar-refractivity contribution < 1.29 is 9.84 Å². The van der Waals surface area contributed by atoms with Crippen LogP contribution in [0.2, 0.25) is 0 Å². The number of epoxide rings is 1. The summed E-state index contributed by atoms with van der Waals surface area (Å²) in [5, 5.41) is 11.8. The second-order valence-electron chi connectivity index (χ2n) is 2.49. The van der Waals surface area contributed by atoms with Crippen molar-refractivity contribution in [1.29, 1.82) is 0 Å². The zero-order valence-electron chi connectivity index (χ0n) is 5.79. The second kappa shape index (κ2) is 2.64. The minimum atomic E-state index is -0.485. The lowest BCUT2D eigenvalue weighted by molar-refractivity contribution is 0.156. The number of hydrogen-bond donors (Lipinski definition) is 2. The van der Waals surface area contributed by atoms with Gasteiger partial charge in [0.1, 0.15) is 6.10 Å². The summed E-state index contributed by atoms with van der Waals surface area (Å²) < 4.78 is 4.80. The Morgan fingerprint density at radius 3 is 2.67 bits per heavy atom. The summed E-state index contributed by atoms with van der Waals surface area (Å²) in [4.78, 5) is 0. The summed E-state index contributed by atoms with van der Waals surface area (Å²) >= 11 is 0. The van der Waals surface area contributed by atoms with Gasteiger partial charge >= 0.3 is 0 Å². The highest BCUT2D eigenvalue weighted by molar-refractivity contribution is 4.78. The Morgan fingerprint density at radius 2 is 2.33 bits per heavy atom. The molecule has 0 aromatic heterocycles. The van der Waals surface area contributed by atoms with E-state index in [4.69, 9.17) is 9.84 Å². The fourth-order valence-electron chi connectivity index (χ4n) is 0.772. The van der Waals surface area contributed by atoms with Crippen LogP contribution in [0.1, 0.15) is 13.3 Å². The van der Waals surface area contributed by atoms with E-state index in [-0.39, 0.29) is 6.10 Å². The predicted molar refractivity (Wildman–Crippen MR) is 34.0 cm³/mol. The average Bonchev–Trinajstić information content (AvgIpc) is 2.47. The Balaban J connectivity index is 2.05. The molecular formula is C6H13NO2. The Morgan fingerprint density at radius 1 is 1.78 bits per heavy atom. The molecule has 0 spiro atoms. The number of hydrogen-bond acceptors (Lipinski definition) is 3. The molecule has 0 bridgehead atoms. The van der Waals surface area contributed by atoms with E-state index in [9.17, 15) is 0 Å². The van der Waals surface area contributed by atoms with Crippen molar-refractivity contribution in [3.8, 4) is 0 Å². The van der Waals surface area contributed by atoms with Crippen LogP contribution in [0, 0.1) is 0 Å². The molecule has 0 aromatic carbocycles. The third-order valence-corrected chi connectivity index (χ3v) is 1.63. The molecule has 0 saturated carbocycles. The van der Waals surface area contributed by atoms with Crippen molar-refractivity contribution in [1.82, 2.24) is 5.32 Å². The van der Waals surface area contributed by atoms with Gasteiger partial charge in [-0.2, -0.15) is 0 Å². The zero-order chi connectivity index (χ0) is 6.85. The molecule has 9 heavy (non-hydrogen) atoms. The smallest absolute Gasteiger partial charge is 0.181 e. The summed E-state index contributed by atoms with van der Waals surface area (Å²) in [6.07, 6.45) is 0.505. The van der Waals surface area contributed by atoms with E-state index >= 15 is 0 Å². The topological polar surface area (TPSA) is 44.8 Å². The molecule has 1 aliphatic rings. The van der Waals surface area contributed by atoms with Gasteiger partial charge in [-0.15, -0.1) is 0 Å². The van der Waals surface area contributed by atoms with Gasteiger partial charge in [-0.05, 0) is 20.4 Å². The molecule has 1 rings (SSSR count).